The van der Waals surface area contributed by atoms with Crippen LogP contribution < -0.4 is 0 Å². The molecule has 1 heterocycles. The summed E-state index contributed by atoms with van der Waals surface area (Å²) in [6, 6.07) is 3.46. The van der Waals surface area contributed by atoms with Crippen molar-refractivity contribution in [1.29, 1.82) is 0 Å². The van der Waals surface area contributed by atoms with Crippen LogP contribution in [0.2, 0.25) is 0 Å². The van der Waals surface area contributed by atoms with E-state index in [1.807, 2.05) is 0 Å². The van der Waals surface area contributed by atoms with Gasteiger partial charge >= 0.3 is 5.97 Å². The lowest BCUT2D eigenvalue weighted by atomic mass is 10.1. The minimum atomic E-state index is -0.344. The zero-order valence-corrected chi connectivity index (χ0v) is 9.19. The van der Waals surface area contributed by atoms with Gasteiger partial charge in [0.15, 0.2) is 6.29 Å². The smallest absolute Gasteiger partial charge is 0.314 e. The second-order valence-corrected chi connectivity index (χ2v) is 3.33. The van der Waals surface area contributed by atoms with E-state index >= 15 is 0 Å². The molecular formula is C11H15NO3. The highest BCUT2D eigenvalue weighted by Gasteiger charge is 2.19. The average molecular weight is 209 g/mol. The number of carbonyl (C=O) groups is 2. The Morgan fingerprint density at radius 1 is 1.60 bits per heavy atom. The highest BCUT2D eigenvalue weighted by atomic mass is 16.5. The van der Waals surface area contributed by atoms with E-state index in [1.54, 1.807) is 37.6 Å². The molecule has 0 fully saturated rings. The molecule has 4 heteroatoms. The largest absolute Gasteiger partial charge is 0.465 e. The Morgan fingerprint density at radius 3 is 2.73 bits per heavy atom. The number of aromatic nitrogens is 1. The standard InChI is InChI=1S/C11H15NO3/c1-4-15-11(14)8(2)10-6-5-9(7-13)12(10)3/h5-8H,4H2,1-3H3. The van der Waals surface area contributed by atoms with Gasteiger partial charge in [-0.05, 0) is 26.0 Å². The molecule has 0 saturated carbocycles. The van der Waals surface area contributed by atoms with Crippen LogP contribution in [0, 0.1) is 0 Å². The Hall–Kier alpha value is -1.58. The first kappa shape index (κ1) is 11.5. The van der Waals surface area contributed by atoms with Crippen LogP contribution in [-0.2, 0) is 16.6 Å². The quantitative estimate of drug-likeness (QED) is 0.557. The summed E-state index contributed by atoms with van der Waals surface area (Å²) in [7, 11) is 1.76. The van der Waals surface area contributed by atoms with Gasteiger partial charge in [-0.3, -0.25) is 9.59 Å². The van der Waals surface area contributed by atoms with Crippen LogP contribution in [-0.4, -0.2) is 23.4 Å². The van der Waals surface area contributed by atoms with E-state index in [0.717, 1.165) is 12.0 Å². The number of hydrogen-bond donors (Lipinski definition) is 0. The van der Waals surface area contributed by atoms with E-state index in [-0.39, 0.29) is 11.9 Å². The normalized spacial score (nSPS) is 12.2. The first-order valence-electron chi connectivity index (χ1n) is 4.89. The molecule has 0 spiro atoms. The fourth-order valence-corrected chi connectivity index (χ4v) is 1.48. The molecule has 1 unspecified atom stereocenters. The summed E-state index contributed by atoms with van der Waals surface area (Å²) in [5.41, 5.74) is 1.34. The van der Waals surface area contributed by atoms with Crippen molar-refractivity contribution in [2.75, 3.05) is 6.61 Å². The highest BCUT2D eigenvalue weighted by Crippen LogP contribution is 2.18. The monoisotopic (exact) mass is 209 g/mol. The van der Waals surface area contributed by atoms with Crippen molar-refractivity contribution in [2.24, 2.45) is 7.05 Å². The lowest BCUT2D eigenvalue weighted by Gasteiger charge is -2.12. The SMILES string of the molecule is CCOC(=O)C(C)c1ccc(C=O)n1C. The van der Waals surface area contributed by atoms with Gasteiger partial charge < -0.3 is 9.30 Å². The molecule has 0 amide bonds. The lowest BCUT2D eigenvalue weighted by Crippen LogP contribution is -2.16. The summed E-state index contributed by atoms with van der Waals surface area (Å²) in [5.74, 6) is -0.611. The van der Waals surface area contributed by atoms with Gasteiger partial charge in [0.1, 0.15) is 0 Å². The van der Waals surface area contributed by atoms with Crippen molar-refractivity contribution in [3.05, 3.63) is 23.5 Å². The van der Waals surface area contributed by atoms with Crippen LogP contribution in [0.5, 0.6) is 0 Å². The van der Waals surface area contributed by atoms with E-state index in [4.69, 9.17) is 4.74 Å². The third-order valence-corrected chi connectivity index (χ3v) is 2.40. The maximum absolute atomic E-state index is 11.5. The van der Waals surface area contributed by atoms with Crippen LogP contribution in [0.15, 0.2) is 12.1 Å². The molecule has 0 aliphatic heterocycles. The van der Waals surface area contributed by atoms with E-state index < -0.39 is 0 Å². The van der Waals surface area contributed by atoms with Crippen molar-refractivity contribution < 1.29 is 14.3 Å². The average Bonchev–Trinajstić information content (AvgIpc) is 2.59. The molecule has 0 aliphatic carbocycles. The minimum absolute atomic E-state index is 0.267. The van der Waals surface area contributed by atoms with Crippen LogP contribution in [0.1, 0.15) is 35.9 Å². The summed E-state index contributed by atoms with van der Waals surface area (Å²) in [6.45, 7) is 3.91. The number of carbonyl (C=O) groups excluding carboxylic acids is 2. The number of aldehydes is 1. The van der Waals surface area contributed by atoms with Crippen molar-refractivity contribution >= 4 is 12.3 Å². The third kappa shape index (κ3) is 2.26. The number of rotatable bonds is 4. The highest BCUT2D eigenvalue weighted by molar-refractivity contribution is 5.79. The van der Waals surface area contributed by atoms with Crippen molar-refractivity contribution in [3.63, 3.8) is 0 Å². The van der Waals surface area contributed by atoms with Crippen molar-refractivity contribution in [2.45, 2.75) is 19.8 Å². The van der Waals surface area contributed by atoms with Gasteiger partial charge in [-0.1, -0.05) is 0 Å². The Balaban J connectivity index is 2.91. The maximum Gasteiger partial charge on any atom is 0.314 e. The molecule has 0 bridgehead atoms. The zero-order valence-electron chi connectivity index (χ0n) is 9.19. The number of ether oxygens (including phenoxy) is 1. The first-order valence-corrected chi connectivity index (χ1v) is 4.89. The molecule has 1 aromatic heterocycles. The Morgan fingerprint density at radius 2 is 2.27 bits per heavy atom. The van der Waals surface area contributed by atoms with Gasteiger partial charge in [0.25, 0.3) is 0 Å². The summed E-state index contributed by atoms with van der Waals surface area (Å²) < 4.78 is 6.62. The van der Waals surface area contributed by atoms with Gasteiger partial charge in [-0.25, -0.2) is 0 Å². The first-order chi connectivity index (χ1) is 7.11. The van der Waals surface area contributed by atoms with Gasteiger partial charge in [-0.15, -0.1) is 0 Å². The van der Waals surface area contributed by atoms with Gasteiger partial charge in [0.05, 0.1) is 18.2 Å². The fourth-order valence-electron chi connectivity index (χ4n) is 1.48. The molecule has 4 nitrogen and oxygen atoms in total. The minimum Gasteiger partial charge on any atom is -0.465 e. The predicted octanol–water partition coefficient (Wildman–Crippen LogP) is 1.50. The third-order valence-electron chi connectivity index (χ3n) is 2.40. The van der Waals surface area contributed by atoms with Crippen LogP contribution >= 0.6 is 0 Å². The van der Waals surface area contributed by atoms with Crippen molar-refractivity contribution in [3.8, 4) is 0 Å². The lowest BCUT2D eigenvalue weighted by molar-refractivity contribution is -0.144. The number of hydrogen-bond acceptors (Lipinski definition) is 3. The van der Waals surface area contributed by atoms with Crippen LogP contribution in [0.3, 0.4) is 0 Å². The molecule has 0 radical (unpaired) electrons. The summed E-state index contributed by atoms with van der Waals surface area (Å²) >= 11 is 0. The second-order valence-electron chi connectivity index (χ2n) is 3.33. The second kappa shape index (κ2) is 4.77. The Kier molecular flexibility index (Phi) is 3.66. The molecule has 1 aromatic rings. The molecular weight excluding hydrogens is 194 g/mol. The molecule has 82 valence electrons. The molecule has 15 heavy (non-hydrogen) atoms. The van der Waals surface area contributed by atoms with E-state index in [1.165, 1.54) is 0 Å². The zero-order chi connectivity index (χ0) is 11.4. The fraction of sp³-hybridized carbons (Fsp3) is 0.455. The van der Waals surface area contributed by atoms with Crippen molar-refractivity contribution in [1.82, 2.24) is 4.57 Å². The van der Waals surface area contributed by atoms with Crippen LogP contribution in [0.25, 0.3) is 0 Å². The Bertz CT molecular complexity index is 368. The van der Waals surface area contributed by atoms with Gasteiger partial charge in [0.2, 0.25) is 0 Å². The molecule has 0 N–H and O–H groups in total. The predicted molar refractivity (Wildman–Crippen MR) is 55.8 cm³/mol. The summed E-state index contributed by atoms with van der Waals surface area (Å²) in [5, 5.41) is 0. The molecule has 0 aliphatic rings. The van der Waals surface area contributed by atoms with E-state index in [9.17, 15) is 9.59 Å². The van der Waals surface area contributed by atoms with Crippen LogP contribution in [0.4, 0.5) is 0 Å². The van der Waals surface area contributed by atoms with Gasteiger partial charge in [-0.2, -0.15) is 0 Å². The topological polar surface area (TPSA) is 48.3 Å². The molecule has 0 saturated heterocycles. The van der Waals surface area contributed by atoms with Gasteiger partial charge in [0, 0.05) is 12.7 Å². The number of nitrogens with zero attached hydrogens (tertiary/aromatic N) is 1. The number of esters is 1. The van der Waals surface area contributed by atoms with E-state index in [2.05, 4.69) is 0 Å². The molecule has 0 aromatic carbocycles. The van der Waals surface area contributed by atoms with E-state index in [0.29, 0.717) is 12.3 Å². The maximum atomic E-state index is 11.5. The molecule has 1 atom stereocenters. The Labute approximate surface area is 88.8 Å². The molecule has 1 rings (SSSR count). The summed E-state index contributed by atoms with van der Waals surface area (Å²) in [4.78, 5) is 22.1. The summed E-state index contributed by atoms with van der Waals surface area (Å²) in [6.07, 6.45) is 0.765.